The van der Waals surface area contributed by atoms with E-state index in [1.165, 1.54) is 13.3 Å². The third-order valence-corrected chi connectivity index (χ3v) is 2.93. The van der Waals surface area contributed by atoms with Gasteiger partial charge in [-0.2, -0.15) is 0 Å². The normalized spacial score (nSPS) is 10.1. The Morgan fingerprint density at radius 2 is 2.15 bits per heavy atom. The van der Waals surface area contributed by atoms with Crippen molar-refractivity contribution in [3.63, 3.8) is 0 Å². The van der Waals surface area contributed by atoms with Gasteiger partial charge in [-0.25, -0.2) is 4.79 Å². The van der Waals surface area contributed by atoms with E-state index in [4.69, 9.17) is 22.1 Å². The summed E-state index contributed by atoms with van der Waals surface area (Å²) in [7, 11) is 1.32. The highest BCUT2D eigenvalue weighted by Crippen LogP contribution is 2.24. The van der Waals surface area contributed by atoms with Gasteiger partial charge in [0.1, 0.15) is 12.4 Å². The Bertz CT molecular complexity index is 614. The largest absolute Gasteiger partial charge is 0.487 e. The Morgan fingerprint density at radius 3 is 2.75 bits per heavy atom. The maximum absolute atomic E-state index is 11.3. The number of benzene rings is 1. The third-order valence-electron chi connectivity index (χ3n) is 2.60. The van der Waals surface area contributed by atoms with Crippen LogP contribution in [0.25, 0.3) is 0 Å². The second kappa shape index (κ2) is 6.25. The van der Waals surface area contributed by atoms with Crippen LogP contribution in [0.4, 0.5) is 5.69 Å². The van der Waals surface area contributed by atoms with Crippen molar-refractivity contribution in [2.45, 2.75) is 6.61 Å². The molecule has 0 unspecified atom stereocenters. The molecule has 0 saturated carbocycles. The van der Waals surface area contributed by atoms with Gasteiger partial charge in [0.15, 0.2) is 0 Å². The lowest BCUT2D eigenvalue weighted by atomic mass is 10.2. The maximum Gasteiger partial charge on any atom is 0.339 e. The van der Waals surface area contributed by atoms with Gasteiger partial charge in [0.2, 0.25) is 0 Å². The highest BCUT2D eigenvalue weighted by molar-refractivity contribution is 6.33. The molecule has 1 aromatic heterocycles. The van der Waals surface area contributed by atoms with Gasteiger partial charge >= 0.3 is 5.97 Å². The first-order valence-electron chi connectivity index (χ1n) is 5.81. The fourth-order valence-electron chi connectivity index (χ4n) is 1.50. The smallest absolute Gasteiger partial charge is 0.339 e. The summed E-state index contributed by atoms with van der Waals surface area (Å²) in [6.45, 7) is 0.266. The summed E-state index contributed by atoms with van der Waals surface area (Å²) in [5.74, 6) is 0.179. The number of nitrogen functional groups attached to an aromatic ring is 1. The van der Waals surface area contributed by atoms with E-state index in [-0.39, 0.29) is 6.61 Å². The lowest BCUT2D eigenvalue weighted by Crippen LogP contribution is -2.04. The van der Waals surface area contributed by atoms with Gasteiger partial charge in [-0.15, -0.1) is 0 Å². The predicted molar refractivity (Wildman–Crippen MR) is 75.8 cm³/mol. The molecule has 20 heavy (non-hydrogen) atoms. The standard InChI is InChI=1S/C14H13ClN2O3/c1-19-14(18)9-2-3-10(17-7-9)8-20-11-4-5-13(16)12(15)6-11/h2-7H,8,16H2,1H3. The number of anilines is 1. The number of nitrogens with zero attached hydrogens (tertiary/aromatic N) is 1. The molecule has 0 fully saturated rings. The number of methoxy groups -OCH3 is 1. The van der Waals surface area contributed by atoms with Crippen LogP contribution in [0.15, 0.2) is 36.5 Å². The number of nitrogens with two attached hydrogens (primary N) is 1. The van der Waals surface area contributed by atoms with Crippen LogP contribution in [0.5, 0.6) is 5.75 Å². The minimum absolute atomic E-state index is 0.266. The van der Waals surface area contributed by atoms with E-state index in [1.54, 1.807) is 30.3 Å². The number of ether oxygens (including phenoxy) is 2. The molecule has 6 heteroatoms. The summed E-state index contributed by atoms with van der Waals surface area (Å²) in [5, 5.41) is 0.441. The van der Waals surface area contributed by atoms with Gasteiger partial charge in [0.25, 0.3) is 0 Å². The zero-order valence-electron chi connectivity index (χ0n) is 10.8. The number of aromatic nitrogens is 1. The van der Waals surface area contributed by atoms with Gasteiger partial charge in [-0.1, -0.05) is 11.6 Å². The minimum Gasteiger partial charge on any atom is -0.487 e. The Hall–Kier alpha value is -2.27. The highest BCUT2D eigenvalue weighted by Gasteiger charge is 2.06. The van der Waals surface area contributed by atoms with Gasteiger partial charge in [0.05, 0.1) is 29.1 Å². The molecular weight excluding hydrogens is 280 g/mol. The molecule has 0 radical (unpaired) electrons. The van der Waals surface area contributed by atoms with Crippen LogP contribution in [-0.2, 0) is 11.3 Å². The molecule has 0 saturated heterocycles. The molecule has 104 valence electrons. The number of halogens is 1. The van der Waals surface area contributed by atoms with Gasteiger partial charge in [-0.3, -0.25) is 4.98 Å². The molecule has 0 aliphatic carbocycles. The molecule has 0 aliphatic rings. The summed E-state index contributed by atoms with van der Waals surface area (Å²) < 4.78 is 10.1. The van der Waals surface area contributed by atoms with Crippen LogP contribution in [0.3, 0.4) is 0 Å². The Balaban J connectivity index is 2.00. The van der Waals surface area contributed by atoms with Crippen LogP contribution < -0.4 is 10.5 Å². The SMILES string of the molecule is COC(=O)c1ccc(COc2ccc(N)c(Cl)c2)nc1. The zero-order valence-corrected chi connectivity index (χ0v) is 11.6. The molecule has 0 bridgehead atoms. The molecule has 1 aromatic carbocycles. The Morgan fingerprint density at radius 1 is 1.35 bits per heavy atom. The molecule has 2 rings (SSSR count). The maximum atomic E-state index is 11.3. The van der Waals surface area contributed by atoms with Crippen molar-refractivity contribution >= 4 is 23.3 Å². The number of hydrogen-bond donors (Lipinski definition) is 1. The quantitative estimate of drug-likeness (QED) is 0.693. The predicted octanol–water partition coefficient (Wildman–Crippen LogP) is 2.68. The first kappa shape index (κ1) is 14.1. The van der Waals surface area contributed by atoms with E-state index in [9.17, 15) is 4.79 Å². The van der Waals surface area contributed by atoms with Crippen molar-refractivity contribution in [3.8, 4) is 5.75 Å². The number of carbonyl (C=O) groups excluding carboxylic acids is 1. The van der Waals surface area contributed by atoms with Crippen molar-refractivity contribution in [1.82, 2.24) is 4.98 Å². The monoisotopic (exact) mass is 292 g/mol. The molecule has 0 aliphatic heterocycles. The Labute approximate surface area is 121 Å². The number of rotatable bonds is 4. The van der Waals surface area contributed by atoms with Crippen molar-refractivity contribution in [1.29, 1.82) is 0 Å². The first-order chi connectivity index (χ1) is 9.60. The van der Waals surface area contributed by atoms with E-state index >= 15 is 0 Å². The van der Waals surface area contributed by atoms with Crippen LogP contribution >= 0.6 is 11.6 Å². The van der Waals surface area contributed by atoms with Gasteiger partial charge in [0, 0.05) is 12.3 Å². The third kappa shape index (κ3) is 3.39. The summed E-state index contributed by atoms with van der Waals surface area (Å²) in [6.07, 6.45) is 1.44. The highest BCUT2D eigenvalue weighted by atomic mass is 35.5. The van der Waals surface area contributed by atoms with Crippen LogP contribution in [0.2, 0.25) is 5.02 Å². The number of pyridine rings is 1. The molecule has 2 aromatic rings. The summed E-state index contributed by atoms with van der Waals surface area (Å²) in [5.41, 5.74) is 7.19. The molecule has 5 nitrogen and oxygen atoms in total. The zero-order chi connectivity index (χ0) is 14.5. The summed E-state index contributed by atoms with van der Waals surface area (Å²) in [4.78, 5) is 15.4. The second-order valence-electron chi connectivity index (χ2n) is 4.00. The lowest BCUT2D eigenvalue weighted by Gasteiger charge is -2.07. The molecule has 1 heterocycles. The summed E-state index contributed by atoms with van der Waals surface area (Å²) in [6, 6.07) is 8.37. The average molecular weight is 293 g/mol. The Kier molecular flexibility index (Phi) is 4.42. The second-order valence-corrected chi connectivity index (χ2v) is 4.41. The van der Waals surface area contributed by atoms with E-state index in [2.05, 4.69) is 9.72 Å². The van der Waals surface area contributed by atoms with E-state index < -0.39 is 5.97 Å². The van der Waals surface area contributed by atoms with Crippen molar-refractivity contribution in [2.24, 2.45) is 0 Å². The van der Waals surface area contributed by atoms with Crippen LogP contribution in [-0.4, -0.2) is 18.1 Å². The fourth-order valence-corrected chi connectivity index (χ4v) is 1.67. The first-order valence-corrected chi connectivity index (χ1v) is 6.19. The topological polar surface area (TPSA) is 74.4 Å². The molecular formula is C14H13ClN2O3. The number of carbonyl (C=O) groups is 1. The molecule has 0 atom stereocenters. The molecule has 2 N–H and O–H groups in total. The minimum atomic E-state index is -0.421. The van der Waals surface area contributed by atoms with Crippen molar-refractivity contribution in [2.75, 3.05) is 12.8 Å². The van der Waals surface area contributed by atoms with E-state index in [1.807, 2.05) is 0 Å². The lowest BCUT2D eigenvalue weighted by molar-refractivity contribution is 0.0600. The fraction of sp³-hybridized carbons (Fsp3) is 0.143. The molecule has 0 spiro atoms. The van der Waals surface area contributed by atoms with Crippen LogP contribution in [0.1, 0.15) is 16.1 Å². The number of esters is 1. The van der Waals surface area contributed by atoms with Crippen LogP contribution in [0, 0.1) is 0 Å². The van der Waals surface area contributed by atoms with E-state index in [0.717, 1.165) is 0 Å². The summed E-state index contributed by atoms with van der Waals surface area (Å²) >= 11 is 5.90. The van der Waals surface area contributed by atoms with Crippen molar-refractivity contribution < 1.29 is 14.3 Å². The average Bonchev–Trinajstić information content (AvgIpc) is 2.48. The molecule has 0 amide bonds. The number of hydrogen-bond acceptors (Lipinski definition) is 5. The van der Waals surface area contributed by atoms with Gasteiger partial charge in [-0.05, 0) is 24.3 Å². The van der Waals surface area contributed by atoms with E-state index in [0.29, 0.717) is 27.7 Å². The van der Waals surface area contributed by atoms with Crippen molar-refractivity contribution in [3.05, 3.63) is 52.8 Å². The van der Waals surface area contributed by atoms with Gasteiger partial charge < -0.3 is 15.2 Å².